The molecule has 1 aliphatic heterocycles. The Morgan fingerprint density at radius 1 is 1.09 bits per heavy atom. The molecule has 1 saturated heterocycles. The minimum absolute atomic E-state index is 0.0148. The van der Waals surface area contributed by atoms with E-state index in [2.05, 4.69) is 4.98 Å². The quantitative estimate of drug-likeness (QED) is 0.373. The Balaban J connectivity index is 1.25. The number of nitrogens with zero attached hydrogens (tertiary/aromatic N) is 3. The number of Topliss-reactive ketones (excluding diaryl/α,β-unsaturated/α-hetero) is 1. The van der Waals surface area contributed by atoms with Crippen LogP contribution in [0.2, 0.25) is 0 Å². The molecule has 0 aliphatic carbocycles. The lowest BCUT2D eigenvalue weighted by Crippen LogP contribution is -2.38. The number of rotatable bonds is 10. The number of likely N-dealkylation sites (tertiary alicyclic amines) is 1. The second-order valence-electron chi connectivity index (χ2n) is 9.02. The van der Waals surface area contributed by atoms with Gasteiger partial charge in [0.25, 0.3) is 0 Å². The first-order valence-corrected chi connectivity index (χ1v) is 14.5. The van der Waals surface area contributed by atoms with E-state index in [1.807, 2.05) is 52.2 Å². The number of hydrogen-bond acceptors (Lipinski definition) is 6. The number of hydrogen-bond donors (Lipinski definition) is 0. The topological polar surface area (TPSA) is 89.3 Å². The van der Waals surface area contributed by atoms with Gasteiger partial charge in [-0.1, -0.05) is 23.8 Å². The highest BCUT2D eigenvalue weighted by atomic mass is 32.2. The molecule has 7 nitrogen and oxygen atoms in total. The highest BCUT2D eigenvalue weighted by molar-refractivity contribution is 7.91. The fourth-order valence-electron chi connectivity index (χ4n) is 4.46. The Kier molecular flexibility index (Phi) is 8.18. The molecule has 3 heterocycles. The van der Waals surface area contributed by atoms with E-state index in [9.17, 15) is 18.0 Å². The minimum Gasteiger partial charge on any atom is -0.343 e. The zero-order valence-corrected chi connectivity index (χ0v) is 21.6. The van der Waals surface area contributed by atoms with E-state index in [4.69, 9.17) is 0 Å². The van der Waals surface area contributed by atoms with Gasteiger partial charge in [-0.3, -0.25) is 9.59 Å². The Morgan fingerprint density at radius 2 is 1.83 bits per heavy atom. The van der Waals surface area contributed by atoms with Crippen molar-refractivity contribution in [2.24, 2.45) is 0 Å². The third kappa shape index (κ3) is 6.46. The molecule has 4 rings (SSSR count). The van der Waals surface area contributed by atoms with Crippen molar-refractivity contribution in [1.29, 1.82) is 0 Å². The Hall–Kier alpha value is -2.78. The summed E-state index contributed by atoms with van der Waals surface area (Å²) in [5.74, 6) is 1.29. The summed E-state index contributed by atoms with van der Waals surface area (Å²) in [5.41, 5.74) is 1.03. The number of amides is 1. The molecule has 0 N–H and O–H groups in total. The van der Waals surface area contributed by atoms with Gasteiger partial charge in [0, 0.05) is 50.8 Å². The molecule has 1 fully saturated rings. The van der Waals surface area contributed by atoms with Gasteiger partial charge in [-0.2, -0.15) is 0 Å². The molecule has 186 valence electrons. The van der Waals surface area contributed by atoms with E-state index in [1.54, 1.807) is 18.3 Å². The van der Waals surface area contributed by atoms with Crippen LogP contribution >= 0.6 is 11.3 Å². The fraction of sp³-hybridized carbons (Fsp3) is 0.423. The summed E-state index contributed by atoms with van der Waals surface area (Å²) >= 11 is 1.44. The number of piperidine rings is 1. The molecule has 0 radical (unpaired) electrons. The summed E-state index contributed by atoms with van der Waals surface area (Å²) in [6.45, 7) is 3.58. The standard InChI is InChI=1S/C26H31N3O4S2/c1-20-7-9-22(10-8-20)35(32,33)19-17-29-16-13-27-26(29)21-11-14-28(15-12-21)25(31)6-2-4-23(30)24-5-3-18-34-24/h3,5,7-10,13,16,18,21H,2,4,6,11-12,14-15,17,19H2,1H3. The van der Waals surface area contributed by atoms with E-state index in [0.29, 0.717) is 43.8 Å². The summed E-state index contributed by atoms with van der Waals surface area (Å²) < 4.78 is 27.4. The van der Waals surface area contributed by atoms with E-state index >= 15 is 0 Å². The van der Waals surface area contributed by atoms with Gasteiger partial charge in [0.2, 0.25) is 5.91 Å². The molecule has 0 unspecified atom stereocenters. The maximum Gasteiger partial charge on any atom is 0.222 e. The predicted octanol–water partition coefficient (Wildman–Crippen LogP) is 4.49. The molecule has 9 heteroatoms. The summed E-state index contributed by atoms with van der Waals surface area (Å²) in [5, 5.41) is 1.89. The number of aryl methyl sites for hydroxylation is 2. The lowest BCUT2D eigenvalue weighted by molar-refractivity contribution is -0.132. The van der Waals surface area contributed by atoms with Crippen LogP contribution in [-0.4, -0.2) is 53.4 Å². The van der Waals surface area contributed by atoms with Crippen LogP contribution in [0.3, 0.4) is 0 Å². The molecule has 3 aromatic rings. The van der Waals surface area contributed by atoms with Crippen molar-refractivity contribution < 1.29 is 18.0 Å². The molecule has 1 aliphatic rings. The van der Waals surface area contributed by atoms with Gasteiger partial charge in [0.05, 0.1) is 15.5 Å². The molecule has 35 heavy (non-hydrogen) atoms. The average Bonchev–Trinajstić information content (AvgIpc) is 3.56. The smallest absolute Gasteiger partial charge is 0.222 e. The van der Waals surface area contributed by atoms with Crippen LogP contribution in [0.4, 0.5) is 0 Å². The van der Waals surface area contributed by atoms with Crippen molar-refractivity contribution in [2.75, 3.05) is 18.8 Å². The van der Waals surface area contributed by atoms with Crippen LogP contribution in [-0.2, 0) is 21.2 Å². The van der Waals surface area contributed by atoms with Gasteiger partial charge in [-0.05, 0) is 49.8 Å². The van der Waals surface area contributed by atoms with E-state index in [1.165, 1.54) is 11.3 Å². The van der Waals surface area contributed by atoms with Crippen molar-refractivity contribution in [3.63, 3.8) is 0 Å². The van der Waals surface area contributed by atoms with Crippen LogP contribution < -0.4 is 0 Å². The van der Waals surface area contributed by atoms with E-state index in [0.717, 1.165) is 29.1 Å². The Bertz CT molecular complexity index is 1240. The molecular weight excluding hydrogens is 482 g/mol. The fourth-order valence-corrected chi connectivity index (χ4v) is 6.38. The van der Waals surface area contributed by atoms with Crippen molar-refractivity contribution in [3.8, 4) is 0 Å². The zero-order chi connectivity index (χ0) is 24.8. The van der Waals surface area contributed by atoms with Gasteiger partial charge in [0.15, 0.2) is 15.6 Å². The second-order valence-corrected chi connectivity index (χ2v) is 12.1. The number of imidazole rings is 1. The minimum atomic E-state index is -3.37. The van der Waals surface area contributed by atoms with Crippen molar-refractivity contribution in [1.82, 2.24) is 14.5 Å². The summed E-state index contributed by atoms with van der Waals surface area (Å²) in [6, 6.07) is 10.6. The molecule has 0 spiro atoms. The van der Waals surface area contributed by atoms with Gasteiger partial charge < -0.3 is 9.47 Å². The maximum absolute atomic E-state index is 12.7. The predicted molar refractivity (Wildman–Crippen MR) is 137 cm³/mol. The van der Waals surface area contributed by atoms with Crippen LogP contribution in [0.5, 0.6) is 0 Å². The molecule has 0 atom stereocenters. The highest BCUT2D eigenvalue weighted by Gasteiger charge is 2.27. The summed E-state index contributed by atoms with van der Waals surface area (Å²) in [4.78, 5) is 32.2. The zero-order valence-electron chi connectivity index (χ0n) is 19.9. The first-order chi connectivity index (χ1) is 16.8. The molecule has 0 saturated carbocycles. The van der Waals surface area contributed by atoms with Gasteiger partial charge in [-0.15, -0.1) is 11.3 Å². The van der Waals surface area contributed by atoms with Gasteiger partial charge in [0.1, 0.15) is 5.82 Å². The van der Waals surface area contributed by atoms with Crippen LogP contribution in [0.25, 0.3) is 0 Å². The maximum atomic E-state index is 12.7. The average molecular weight is 514 g/mol. The highest BCUT2D eigenvalue weighted by Crippen LogP contribution is 2.28. The third-order valence-electron chi connectivity index (χ3n) is 6.53. The number of thiophene rings is 1. The number of carbonyl (C=O) groups is 2. The largest absolute Gasteiger partial charge is 0.343 e. The number of ketones is 1. The monoisotopic (exact) mass is 513 g/mol. The third-order valence-corrected chi connectivity index (χ3v) is 9.15. The number of carbonyl (C=O) groups excluding carboxylic acids is 2. The Labute approximate surface area is 210 Å². The molecule has 2 aromatic heterocycles. The Morgan fingerprint density at radius 3 is 2.51 bits per heavy atom. The number of aromatic nitrogens is 2. The normalized spacial score (nSPS) is 14.8. The van der Waals surface area contributed by atoms with E-state index in [-0.39, 0.29) is 23.4 Å². The lowest BCUT2D eigenvalue weighted by atomic mass is 9.95. The second kappa shape index (κ2) is 11.3. The summed E-state index contributed by atoms with van der Waals surface area (Å²) in [6.07, 6.45) is 6.48. The lowest BCUT2D eigenvalue weighted by Gasteiger charge is -2.32. The molecule has 0 bridgehead atoms. The van der Waals surface area contributed by atoms with Gasteiger partial charge in [-0.25, -0.2) is 13.4 Å². The molecular formula is C26H31N3O4S2. The first-order valence-electron chi connectivity index (χ1n) is 12.0. The SMILES string of the molecule is Cc1ccc(S(=O)(=O)CCn2ccnc2C2CCN(C(=O)CCCC(=O)c3cccs3)CC2)cc1. The molecule has 1 amide bonds. The molecule has 1 aromatic carbocycles. The van der Waals surface area contributed by atoms with Crippen LogP contribution in [0, 0.1) is 6.92 Å². The van der Waals surface area contributed by atoms with Crippen LogP contribution in [0.1, 0.15) is 59.1 Å². The van der Waals surface area contributed by atoms with Crippen LogP contribution in [0.15, 0.2) is 59.1 Å². The summed E-state index contributed by atoms with van der Waals surface area (Å²) in [7, 11) is -3.37. The van der Waals surface area contributed by atoms with Crippen molar-refractivity contribution in [2.45, 2.75) is 56.4 Å². The van der Waals surface area contributed by atoms with Crippen molar-refractivity contribution >= 4 is 32.9 Å². The number of benzene rings is 1. The first kappa shape index (κ1) is 25.3. The van der Waals surface area contributed by atoms with E-state index < -0.39 is 9.84 Å². The van der Waals surface area contributed by atoms with Gasteiger partial charge >= 0.3 is 0 Å². The number of sulfone groups is 1. The van der Waals surface area contributed by atoms with Crippen molar-refractivity contribution in [3.05, 3.63) is 70.4 Å².